The molecular weight excluding hydrogens is 372 g/mol. The lowest BCUT2D eigenvalue weighted by atomic mass is 10.3. The van der Waals surface area contributed by atoms with Gasteiger partial charge in [-0.15, -0.1) is 0 Å². The van der Waals surface area contributed by atoms with E-state index in [9.17, 15) is 9.59 Å². The summed E-state index contributed by atoms with van der Waals surface area (Å²) in [6, 6.07) is 13.2. The van der Waals surface area contributed by atoms with Crippen molar-refractivity contribution < 1.29 is 4.74 Å². The van der Waals surface area contributed by atoms with Crippen molar-refractivity contribution in [2.24, 2.45) is 7.05 Å². The summed E-state index contributed by atoms with van der Waals surface area (Å²) in [5, 5.41) is 3.23. The van der Waals surface area contributed by atoms with Crippen molar-refractivity contribution in [1.82, 2.24) is 24.1 Å². The highest BCUT2D eigenvalue weighted by Crippen LogP contribution is 2.17. The van der Waals surface area contributed by atoms with Crippen LogP contribution in [0.5, 0.6) is 5.75 Å². The van der Waals surface area contributed by atoms with E-state index in [-0.39, 0.29) is 0 Å². The normalized spacial score (nSPS) is 10.9. The molecular formula is C20H20N6O3. The number of hydrogen-bond donors (Lipinski definition) is 2. The van der Waals surface area contributed by atoms with Crippen molar-refractivity contribution >= 4 is 17.1 Å². The molecule has 2 N–H and O–H groups in total. The number of anilines is 1. The molecule has 0 aliphatic rings. The van der Waals surface area contributed by atoms with Crippen LogP contribution >= 0.6 is 0 Å². The minimum atomic E-state index is -0.508. The Labute approximate surface area is 165 Å². The van der Waals surface area contributed by atoms with Gasteiger partial charge in [0, 0.05) is 26.0 Å². The lowest BCUT2D eigenvalue weighted by molar-refractivity contribution is 0.301. The van der Waals surface area contributed by atoms with Crippen LogP contribution in [0.15, 0.2) is 64.4 Å². The van der Waals surface area contributed by atoms with Gasteiger partial charge in [-0.05, 0) is 23.8 Å². The second-order valence-corrected chi connectivity index (χ2v) is 6.45. The molecule has 0 saturated heterocycles. The van der Waals surface area contributed by atoms with Crippen LogP contribution in [0.4, 0.5) is 5.95 Å². The van der Waals surface area contributed by atoms with E-state index in [1.807, 2.05) is 42.5 Å². The highest BCUT2D eigenvalue weighted by Gasteiger charge is 2.17. The van der Waals surface area contributed by atoms with Gasteiger partial charge < -0.3 is 14.6 Å². The minimum absolute atomic E-state index is 0.312. The molecule has 0 bridgehead atoms. The van der Waals surface area contributed by atoms with Gasteiger partial charge >= 0.3 is 5.69 Å². The number of imidazole rings is 1. The van der Waals surface area contributed by atoms with Crippen LogP contribution < -0.4 is 21.3 Å². The topological polar surface area (TPSA) is 107 Å². The van der Waals surface area contributed by atoms with Gasteiger partial charge in [0.15, 0.2) is 11.2 Å². The number of fused-ring (bicyclic) bond motifs is 1. The molecule has 3 heterocycles. The highest BCUT2D eigenvalue weighted by molar-refractivity contribution is 5.74. The first-order valence-electron chi connectivity index (χ1n) is 9.13. The smallest absolute Gasteiger partial charge is 0.329 e. The van der Waals surface area contributed by atoms with Gasteiger partial charge in [0.2, 0.25) is 5.95 Å². The number of nitrogens with zero attached hydrogens (tertiary/aromatic N) is 4. The predicted molar refractivity (Wildman–Crippen MR) is 109 cm³/mol. The molecule has 3 aromatic heterocycles. The van der Waals surface area contributed by atoms with E-state index in [1.54, 1.807) is 24.0 Å². The monoisotopic (exact) mass is 392 g/mol. The summed E-state index contributed by atoms with van der Waals surface area (Å²) in [6.45, 7) is 1.18. The SMILES string of the molecule is Cn1c(=O)[nH]c(=O)c2c1nc(NCc1cccnc1)n2CCOc1ccccc1. The molecule has 29 heavy (non-hydrogen) atoms. The number of H-pyrrole nitrogens is 1. The van der Waals surface area contributed by atoms with Gasteiger partial charge in [0.1, 0.15) is 12.4 Å². The Kier molecular flexibility index (Phi) is 5.10. The molecule has 0 aliphatic heterocycles. The number of aryl methyl sites for hydroxylation is 1. The van der Waals surface area contributed by atoms with E-state index in [1.165, 1.54) is 4.57 Å². The van der Waals surface area contributed by atoms with Crippen molar-refractivity contribution in [1.29, 1.82) is 0 Å². The fraction of sp³-hybridized carbons (Fsp3) is 0.200. The molecule has 9 nitrogen and oxygen atoms in total. The number of nitrogens with one attached hydrogen (secondary N) is 2. The lowest BCUT2D eigenvalue weighted by Gasteiger charge is -2.11. The zero-order valence-corrected chi connectivity index (χ0v) is 15.8. The molecule has 4 aromatic rings. The first kappa shape index (κ1) is 18.5. The van der Waals surface area contributed by atoms with Crippen molar-refractivity contribution in [2.45, 2.75) is 13.1 Å². The lowest BCUT2D eigenvalue weighted by Crippen LogP contribution is -2.29. The van der Waals surface area contributed by atoms with E-state index in [2.05, 4.69) is 20.3 Å². The largest absolute Gasteiger partial charge is 0.492 e. The number of aromatic amines is 1. The molecule has 0 aliphatic carbocycles. The first-order chi connectivity index (χ1) is 14.1. The third-order valence-electron chi connectivity index (χ3n) is 4.51. The average molecular weight is 392 g/mol. The quantitative estimate of drug-likeness (QED) is 0.494. The third-order valence-corrected chi connectivity index (χ3v) is 4.51. The average Bonchev–Trinajstić information content (AvgIpc) is 3.11. The Hall–Kier alpha value is -3.88. The van der Waals surface area contributed by atoms with Crippen LogP contribution in [-0.2, 0) is 20.1 Å². The molecule has 0 fully saturated rings. The number of para-hydroxylation sites is 1. The van der Waals surface area contributed by atoms with Crippen LogP contribution in [0, 0.1) is 0 Å². The van der Waals surface area contributed by atoms with E-state index in [0.29, 0.717) is 36.8 Å². The van der Waals surface area contributed by atoms with Gasteiger partial charge in [-0.25, -0.2) is 4.79 Å². The third kappa shape index (κ3) is 3.88. The fourth-order valence-corrected chi connectivity index (χ4v) is 3.04. The Balaban J connectivity index is 1.66. The first-order valence-corrected chi connectivity index (χ1v) is 9.13. The molecule has 0 radical (unpaired) electrons. The fourth-order valence-electron chi connectivity index (χ4n) is 3.04. The van der Waals surface area contributed by atoms with Gasteiger partial charge in [-0.1, -0.05) is 24.3 Å². The number of aromatic nitrogens is 5. The summed E-state index contributed by atoms with van der Waals surface area (Å²) in [7, 11) is 1.57. The molecule has 0 unspecified atom stereocenters. The summed E-state index contributed by atoms with van der Waals surface area (Å²) in [5.41, 5.74) is 0.607. The maximum Gasteiger partial charge on any atom is 0.329 e. The standard InChI is InChI=1S/C20H20N6O3/c1-25-17-16(18(27)24-20(25)28)26(10-11-29-15-7-3-2-4-8-15)19(23-17)22-13-14-6-5-9-21-12-14/h2-9,12H,10-11,13H2,1H3,(H,22,23)(H,24,27,28). The molecule has 0 amide bonds. The molecule has 1 aromatic carbocycles. The van der Waals surface area contributed by atoms with Crippen LogP contribution in [0.2, 0.25) is 0 Å². The summed E-state index contributed by atoms with van der Waals surface area (Å²) in [6.07, 6.45) is 3.45. The van der Waals surface area contributed by atoms with Crippen LogP contribution in [0.25, 0.3) is 11.2 Å². The summed E-state index contributed by atoms with van der Waals surface area (Å²) >= 11 is 0. The molecule has 0 saturated carbocycles. The minimum Gasteiger partial charge on any atom is -0.492 e. The molecule has 0 spiro atoms. The van der Waals surface area contributed by atoms with Crippen molar-refractivity contribution in [2.75, 3.05) is 11.9 Å². The maximum absolute atomic E-state index is 12.5. The maximum atomic E-state index is 12.5. The van der Waals surface area contributed by atoms with E-state index >= 15 is 0 Å². The number of ether oxygens (including phenoxy) is 1. The van der Waals surface area contributed by atoms with Crippen molar-refractivity contribution in [3.05, 3.63) is 81.3 Å². The van der Waals surface area contributed by atoms with Crippen LogP contribution in [0.3, 0.4) is 0 Å². The molecule has 0 atom stereocenters. The predicted octanol–water partition coefficient (Wildman–Crippen LogP) is 1.51. The summed E-state index contributed by atoms with van der Waals surface area (Å²) < 4.78 is 8.82. The second-order valence-electron chi connectivity index (χ2n) is 6.45. The Morgan fingerprint density at radius 2 is 1.97 bits per heavy atom. The number of hydrogen-bond acceptors (Lipinski definition) is 6. The van der Waals surface area contributed by atoms with E-state index in [0.717, 1.165) is 11.3 Å². The summed E-state index contributed by atoms with van der Waals surface area (Å²) in [5.74, 6) is 1.22. The van der Waals surface area contributed by atoms with Gasteiger partial charge in [0.05, 0.1) is 6.54 Å². The van der Waals surface area contributed by atoms with Crippen LogP contribution in [0.1, 0.15) is 5.56 Å². The van der Waals surface area contributed by atoms with Gasteiger partial charge in [0.25, 0.3) is 5.56 Å². The Morgan fingerprint density at radius 1 is 1.14 bits per heavy atom. The Bertz CT molecular complexity index is 1230. The number of rotatable bonds is 7. The van der Waals surface area contributed by atoms with E-state index < -0.39 is 11.2 Å². The zero-order chi connectivity index (χ0) is 20.2. The summed E-state index contributed by atoms with van der Waals surface area (Å²) in [4.78, 5) is 35.4. The molecule has 148 valence electrons. The highest BCUT2D eigenvalue weighted by atomic mass is 16.5. The Morgan fingerprint density at radius 3 is 2.72 bits per heavy atom. The van der Waals surface area contributed by atoms with Crippen LogP contribution in [-0.4, -0.2) is 30.7 Å². The number of benzene rings is 1. The zero-order valence-electron chi connectivity index (χ0n) is 15.8. The number of pyridine rings is 1. The van der Waals surface area contributed by atoms with Crippen molar-refractivity contribution in [3.63, 3.8) is 0 Å². The van der Waals surface area contributed by atoms with Gasteiger partial charge in [-0.3, -0.25) is 19.3 Å². The molecule has 9 heteroatoms. The van der Waals surface area contributed by atoms with Crippen molar-refractivity contribution in [3.8, 4) is 5.75 Å². The molecule has 4 rings (SSSR count). The van der Waals surface area contributed by atoms with E-state index in [4.69, 9.17) is 4.74 Å². The van der Waals surface area contributed by atoms with Gasteiger partial charge in [-0.2, -0.15) is 4.98 Å². The second kappa shape index (κ2) is 8.01.